The molecule has 0 spiro atoms. The smallest absolute Gasteiger partial charge is 0.165 e. The van der Waals surface area contributed by atoms with Crippen LogP contribution in [0.4, 0.5) is 0 Å². The van der Waals surface area contributed by atoms with Crippen LogP contribution in [0, 0.1) is 0 Å². The fraction of sp³-hybridized carbons (Fsp3) is 0.462. The van der Waals surface area contributed by atoms with Gasteiger partial charge in [-0.3, -0.25) is 4.79 Å². The van der Waals surface area contributed by atoms with E-state index in [1.165, 1.54) is 6.07 Å². The number of carbonyl (C=O) groups excluding carboxylic acids is 1. The molecule has 0 amide bonds. The van der Waals surface area contributed by atoms with Crippen LogP contribution < -0.4 is 0 Å². The van der Waals surface area contributed by atoms with E-state index in [4.69, 9.17) is 5.11 Å². The quantitative estimate of drug-likeness (QED) is 0.695. The first-order valence-corrected chi connectivity index (χ1v) is 5.70. The summed E-state index contributed by atoms with van der Waals surface area (Å²) in [5, 5.41) is 27.9. The van der Waals surface area contributed by atoms with Crippen LogP contribution >= 0.6 is 0 Å². The lowest BCUT2D eigenvalue weighted by molar-refractivity contribution is -0.126. The molecule has 0 fully saturated rings. The van der Waals surface area contributed by atoms with E-state index in [0.29, 0.717) is 17.5 Å². The third-order valence-corrected chi connectivity index (χ3v) is 2.63. The summed E-state index contributed by atoms with van der Waals surface area (Å²) in [6.45, 7) is 1.63. The molecule has 4 heteroatoms. The summed E-state index contributed by atoms with van der Waals surface area (Å²) in [5.74, 6) is -0.223. The number of aliphatic hydroxyl groups excluding tert-OH is 2. The minimum Gasteiger partial charge on any atom is -0.508 e. The number of phenols is 1. The number of Topliss-reactive ketones (excluding diaryl/α,β-unsaturated/α-hetero) is 1. The van der Waals surface area contributed by atoms with Crippen molar-refractivity contribution in [3.8, 4) is 5.75 Å². The third-order valence-electron chi connectivity index (χ3n) is 2.63. The highest BCUT2D eigenvalue weighted by atomic mass is 16.3. The van der Waals surface area contributed by atoms with Crippen molar-refractivity contribution in [2.75, 3.05) is 0 Å². The Labute approximate surface area is 101 Å². The maximum absolute atomic E-state index is 11.6. The van der Waals surface area contributed by atoms with Crippen molar-refractivity contribution in [3.05, 3.63) is 29.3 Å². The van der Waals surface area contributed by atoms with Gasteiger partial charge in [0.1, 0.15) is 11.9 Å². The molecule has 1 atom stereocenters. The molecule has 0 saturated carbocycles. The second kappa shape index (κ2) is 6.37. The van der Waals surface area contributed by atoms with Crippen LogP contribution in [-0.4, -0.2) is 27.2 Å². The zero-order valence-corrected chi connectivity index (χ0v) is 9.89. The SMILES string of the molecule is CCCC(O)C(=O)Cc1ccc(O)c(CO)c1. The predicted octanol–water partition coefficient (Wildman–Crippen LogP) is 1.16. The number of rotatable bonds is 6. The van der Waals surface area contributed by atoms with Gasteiger partial charge in [0.05, 0.1) is 6.61 Å². The average molecular weight is 238 g/mol. The largest absolute Gasteiger partial charge is 0.508 e. The van der Waals surface area contributed by atoms with Gasteiger partial charge >= 0.3 is 0 Å². The molecule has 0 aliphatic carbocycles. The highest BCUT2D eigenvalue weighted by Gasteiger charge is 2.14. The number of benzene rings is 1. The van der Waals surface area contributed by atoms with Crippen LogP contribution in [-0.2, 0) is 17.8 Å². The van der Waals surface area contributed by atoms with E-state index in [1.54, 1.807) is 12.1 Å². The lowest BCUT2D eigenvalue weighted by Crippen LogP contribution is -2.21. The zero-order valence-electron chi connectivity index (χ0n) is 9.89. The maximum atomic E-state index is 11.6. The Balaban J connectivity index is 2.71. The molecule has 1 aromatic rings. The molecule has 1 unspecified atom stereocenters. The maximum Gasteiger partial charge on any atom is 0.165 e. The lowest BCUT2D eigenvalue weighted by Gasteiger charge is -2.09. The fourth-order valence-corrected chi connectivity index (χ4v) is 1.63. The molecule has 0 aromatic heterocycles. The molecular weight excluding hydrogens is 220 g/mol. The van der Waals surface area contributed by atoms with Gasteiger partial charge in [0.25, 0.3) is 0 Å². The number of aromatic hydroxyl groups is 1. The summed E-state index contributed by atoms with van der Waals surface area (Å²) in [5.41, 5.74) is 1.08. The van der Waals surface area contributed by atoms with Gasteiger partial charge in [-0.15, -0.1) is 0 Å². The van der Waals surface area contributed by atoms with Crippen molar-refractivity contribution in [1.29, 1.82) is 0 Å². The molecule has 1 aromatic carbocycles. The molecule has 3 N–H and O–H groups in total. The van der Waals surface area contributed by atoms with Gasteiger partial charge in [0.15, 0.2) is 5.78 Å². The van der Waals surface area contributed by atoms with E-state index in [2.05, 4.69) is 0 Å². The van der Waals surface area contributed by atoms with Gasteiger partial charge in [0.2, 0.25) is 0 Å². The number of ketones is 1. The van der Waals surface area contributed by atoms with Crippen molar-refractivity contribution in [3.63, 3.8) is 0 Å². The monoisotopic (exact) mass is 238 g/mol. The lowest BCUT2D eigenvalue weighted by atomic mass is 10.0. The first kappa shape index (κ1) is 13.7. The van der Waals surface area contributed by atoms with Crippen LogP contribution in [0.1, 0.15) is 30.9 Å². The van der Waals surface area contributed by atoms with Crippen LogP contribution in [0.25, 0.3) is 0 Å². The van der Waals surface area contributed by atoms with Gasteiger partial charge in [-0.2, -0.15) is 0 Å². The van der Waals surface area contributed by atoms with Crippen LogP contribution in [0.2, 0.25) is 0 Å². The molecule has 1 rings (SSSR count). The predicted molar refractivity (Wildman–Crippen MR) is 63.7 cm³/mol. The molecule has 0 heterocycles. The molecule has 0 bridgehead atoms. The fourth-order valence-electron chi connectivity index (χ4n) is 1.63. The van der Waals surface area contributed by atoms with Crippen LogP contribution in [0.15, 0.2) is 18.2 Å². The third kappa shape index (κ3) is 3.84. The number of aliphatic hydroxyl groups is 2. The summed E-state index contributed by atoms with van der Waals surface area (Å²) < 4.78 is 0. The zero-order chi connectivity index (χ0) is 12.8. The van der Waals surface area contributed by atoms with Gasteiger partial charge in [-0.05, 0) is 24.1 Å². The van der Waals surface area contributed by atoms with E-state index < -0.39 is 6.10 Å². The minimum atomic E-state index is -0.925. The van der Waals surface area contributed by atoms with E-state index in [-0.39, 0.29) is 24.6 Å². The van der Waals surface area contributed by atoms with E-state index in [0.717, 1.165) is 6.42 Å². The molecule has 0 aliphatic heterocycles. The summed E-state index contributed by atoms with van der Waals surface area (Å²) in [7, 11) is 0. The second-order valence-electron chi connectivity index (χ2n) is 4.07. The Kier molecular flexibility index (Phi) is 5.12. The van der Waals surface area contributed by atoms with E-state index >= 15 is 0 Å². The topological polar surface area (TPSA) is 77.8 Å². The van der Waals surface area contributed by atoms with Gasteiger partial charge < -0.3 is 15.3 Å². The Hall–Kier alpha value is -1.39. The van der Waals surface area contributed by atoms with Crippen LogP contribution in [0.3, 0.4) is 0 Å². The first-order chi connectivity index (χ1) is 8.08. The molecule has 94 valence electrons. The van der Waals surface area contributed by atoms with Gasteiger partial charge in [-0.25, -0.2) is 0 Å². The molecule has 4 nitrogen and oxygen atoms in total. The number of carbonyl (C=O) groups is 1. The molecule has 0 saturated heterocycles. The molecule has 0 aliphatic rings. The van der Waals surface area contributed by atoms with Crippen molar-refractivity contribution >= 4 is 5.78 Å². The van der Waals surface area contributed by atoms with Crippen molar-refractivity contribution < 1.29 is 20.1 Å². The Morgan fingerprint density at radius 3 is 2.71 bits per heavy atom. The molecular formula is C13H18O4. The molecule has 17 heavy (non-hydrogen) atoms. The van der Waals surface area contributed by atoms with Crippen LogP contribution in [0.5, 0.6) is 5.75 Å². The first-order valence-electron chi connectivity index (χ1n) is 5.70. The summed E-state index contributed by atoms with van der Waals surface area (Å²) in [4.78, 5) is 11.6. The normalized spacial score (nSPS) is 12.4. The summed E-state index contributed by atoms with van der Waals surface area (Å²) >= 11 is 0. The average Bonchev–Trinajstić information content (AvgIpc) is 2.31. The second-order valence-corrected chi connectivity index (χ2v) is 4.07. The summed E-state index contributed by atoms with van der Waals surface area (Å²) in [6.07, 6.45) is 0.411. The highest BCUT2D eigenvalue weighted by molar-refractivity contribution is 5.85. The highest BCUT2D eigenvalue weighted by Crippen LogP contribution is 2.19. The molecule has 0 radical (unpaired) electrons. The number of hydrogen-bond donors (Lipinski definition) is 3. The van der Waals surface area contributed by atoms with Crippen molar-refractivity contribution in [2.24, 2.45) is 0 Å². The van der Waals surface area contributed by atoms with Gasteiger partial charge in [-0.1, -0.05) is 19.4 Å². The Bertz CT molecular complexity index is 387. The van der Waals surface area contributed by atoms with E-state index in [1.807, 2.05) is 6.92 Å². The summed E-state index contributed by atoms with van der Waals surface area (Å²) in [6, 6.07) is 4.64. The van der Waals surface area contributed by atoms with Crippen molar-refractivity contribution in [1.82, 2.24) is 0 Å². The Morgan fingerprint density at radius 1 is 1.41 bits per heavy atom. The number of hydrogen-bond acceptors (Lipinski definition) is 4. The van der Waals surface area contributed by atoms with Gasteiger partial charge in [0, 0.05) is 12.0 Å². The minimum absolute atomic E-state index is 0.0119. The van der Waals surface area contributed by atoms with Crippen molar-refractivity contribution in [2.45, 2.75) is 38.9 Å². The Morgan fingerprint density at radius 2 is 2.12 bits per heavy atom. The standard InChI is InChI=1S/C13H18O4/c1-2-3-12(16)13(17)7-9-4-5-11(15)10(6-9)8-14/h4-6,12,14-16H,2-3,7-8H2,1H3. The van der Waals surface area contributed by atoms with E-state index in [9.17, 15) is 15.0 Å².